The SMILES string of the molecule is CC(CNc1ncc2ccccc2n1)C1CC1. The molecule has 1 saturated carbocycles. The molecule has 0 spiro atoms. The average Bonchev–Trinajstić information content (AvgIpc) is 3.20. The van der Waals surface area contributed by atoms with Gasteiger partial charge in [0.1, 0.15) is 0 Å². The largest absolute Gasteiger partial charge is 0.354 e. The third-order valence-corrected chi connectivity index (χ3v) is 3.50. The van der Waals surface area contributed by atoms with E-state index in [-0.39, 0.29) is 0 Å². The van der Waals surface area contributed by atoms with E-state index < -0.39 is 0 Å². The summed E-state index contributed by atoms with van der Waals surface area (Å²) in [5.41, 5.74) is 1.00. The number of para-hydroxylation sites is 1. The molecule has 3 nitrogen and oxygen atoms in total. The van der Waals surface area contributed by atoms with Gasteiger partial charge in [-0.15, -0.1) is 0 Å². The first-order chi connectivity index (χ1) is 8.33. The maximum Gasteiger partial charge on any atom is 0.223 e. The number of benzene rings is 1. The van der Waals surface area contributed by atoms with Crippen molar-refractivity contribution < 1.29 is 0 Å². The third kappa shape index (κ3) is 2.38. The van der Waals surface area contributed by atoms with E-state index in [0.717, 1.165) is 35.2 Å². The van der Waals surface area contributed by atoms with E-state index in [1.54, 1.807) is 0 Å². The Hall–Kier alpha value is -1.64. The first-order valence-corrected chi connectivity index (χ1v) is 6.28. The molecule has 2 aromatic rings. The van der Waals surface area contributed by atoms with Gasteiger partial charge < -0.3 is 5.32 Å². The third-order valence-electron chi connectivity index (χ3n) is 3.50. The van der Waals surface area contributed by atoms with Crippen molar-refractivity contribution in [3.63, 3.8) is 0 Å². The summed E-state index contributed by atoms with van der Waals surface area (Å²) in [6.45, 7) is 3.27. The first kappa shape index (κ1) is 10.5. The van der Waals surface area contributed by atoms with Crippen LogP contribution in [0.15, 0.2) is 30.5 Å². The number of anilines is 1. The molecular weight excluding hydrogens is 210 g/mol. The van der Waals surface area contributed by atoms with E-state index in [2.05, 4.69) is 22.2 Å². The molecule has 88 valence electrons. The number of fused-ring (bicyclic) bond motifs is 1. The minimum absolute atomic E-state index is 0.727. The summed E-state index contributed by atoms with van der Waals surface area (Å²) in [5, 5.41) is 4.43. The van der Waals surface area contributed by atoms with Gasteiger partial charge in [-0.1, -0.05) is 25.1 Å². The van der Waals surface area contributed by atoms with Gasteiger partial charge >= 0.3 is 0 Å². The summed E-state index contributed by atoms with van der Waals surface area (Å²) in [5.74, 6) is 2.39. The molecule has 1 aromatic heterocycles. The van der Waals surface area contributed by atoms with Crippen LogP contribution >= 0.6 is 0 Å². The fraction of sp³-hybridized carbons (Fsp3) is 0.429. The summed E-state index contributed by atoms with van der Waals surface area (Å²) in [4.78, 5) is 8.84. The summed E-state index contributed by atoms with van der Waals surface area (Å²) >= 11 is 0. The number of nitrogens with one attached hydrogen (secondary N) is 1. The zero-order valence-corrected chi connectivity index (χ0v) is 10.1. The molecular formula is C14H17N3. The number of rotatable bonds is 4. The molecule has 17 heavy (non-hydrogen) atoms. The van der Waals surface area contributed by atoms with Crippen molar-refractivity contribution in [2.75, 3.05) is 11.9 Å². The van der Waals surface area contributed by atoms with Crippen LogP contribution < -0.4 is 5.32 Å². The number of nitrogens with zero attached hydrogens (tertiary/aromatic N) is 2. The lowest BCUT2D eigenvalue weighted by atomic mass is 10.1. The highest BCUT2D eigenvalue weighted by Gasteiger charge is 2.27. The molecule has 0 aliphatic heterocycles. The topological polar surface area (TPSA) is 37.8 Å². The predicted molar refractivity (Wildman–Crippen MR) is 69.9 cm³/mol. The van der Waals surface area contributed by atoms with Crippen LogP contribution in [-0.4, -0.2) is 16.5 Å². The van der Waals surface area contributed by atoms with Crippen molar-refractivity contribution >= 4 is 16.9 Å². The van der Waals surface area contributed by atoms with Crippen LogP contribution in [0.25, 0.3) is 10.9 Å². The van der Waals surface area contributed by atoms with Gasteiger partial charge in [0.05, 0.1) is 5.52 Å². The molecule has 1 aliphatic rings. The number of aromatic nitrogens is 2. The molecule has 3 rings (SSSR count). The van der Waals surface area contributed by atoms with Crippen molar-refractivity contribution in [3.05, 3.63) is 30.5 Å². The lowest BCUT2D eigenvalue weighted by molar-refractivity contribution is 0.535. The van der Waals surface area contributed by atoms with Crippen LogP contribution in [0, 0.1) is 11.8 Å². The molecule has 1 atom stereocenters. The average molecular weight is 227 g/mol. The van der Waals surface area contributed by atoms with Crippen LogP contribution in [-0.2, 0) is 0 Å². The molecule has 1 aromatic carbocycles. The Balaban J connectivity index is 1.71. The molecule has 0 bridgehead atoms. The normalized spacial score (nSPS) is 17.0. The van der Waals surface area contributed by atoms with Gasteiger partial charge in [0.15, 0.2) is 0 Å². The van der Waals surface area contributed by atoms with Gasteiger partial charge in [0.2, 0.25) is 5.95 Å². The molecule has 1 aliphatic carbocycles. The van der Waals surface area contributed by atoms with E-state index in [4.69, 9.17) is 0 Å². The van der Waals surface area contributed by atoms with Gasteiger partial charge in [0.25, 0.3) is 0 Å². The van der Waals surface area contributed by atoms with Crippen LogP contribution in [0.5, 0.6) is 0 Å². The molecule has 0 saturated heterocycles. The standard InChI is InChI=1S/C14H17N3/c1-10(11-6-7-11)8-15-14-16-9-12-4-2-3-5-13(12)17-14/h2-5,9-11H,6-8H2,1H3,(H,15,16,17). The van der Waals surface area contributed by atoms with E-state index >= 15 is 0 Å². The van der Waals surface area contributed by atoms with E-state index in [9.17, 15) is 0 Å². The van der Waals surface area contributed by atoms with Gasteiger partial charge in [0, 0.05) is 18.1 Å². The maximum atomic E-state index is 4.50. The highest BCUT2D eigenvalue weighted by molar-refractivity contribution is 5.78. The highest BCUT2D eigenvalue weighted by atomic mass is 15.1. The second-order valence-electron chi connectivity index (χ2n) is 4.95. The molecule has 1 fully saturated rings. The zero-order valence-electron chi connectivity index (χ0n) is 10.1. The second kappa shape index (κ2) is 4.32. The summed E-state index contributed by atoms with van der Waals surface area (Å²) in [7, 11) is 0. The second-order valence-corrected chi connectivity index (χ2v) is 4.95. The fourth-order valence-corrected chi connectivity index (χ4v) is 2.14. The first-order valence-electron chi connectivity index (χ1n) is 6.28. The van der Waals surface area contributed by atoms with Crippen molar-refractivity contribution in [1.29, 1.82) is 0 Å². The van der Waals surface area contributed by atoms with E-state index in [1.165, 1.54) is 12.8 Å². The van der Waals surface area contributed by atoms with Gasteiger partial charge in [-0.3, -0.25) is 0 Å². The lowest BCUT2D eigenvalue weighted by Crippen LogP contribution is -2.14. The van der Waals surface area contributed by atoms with Crippen molar-refractivity contribution in [1.82, 2.24) is 9.97 Å². The lowest BCUT2D eigenvalue weighted by Gasteiger charge is -2.11. The van der Waals surface area contributed by atoms with Crippen LogP contribution in [0.2, 0.25) is 0 Å². The molecule has 1 N–H and O–H groups in total. The van der Waals surface area contributed by atoms with E-state index in [0.29, 0.717) is 0 Å². The molecule has 3 heteroatoms. The fourth-order valence-electron chi connectivity index (χ4n) is 2.14. The minimum Gasteiger partial charge on any atom is -0.354 e. The monoisotopic (exact) mass is 227 g/mol. The molecule has 1 unspecified atom stereocenters. The molecule has 1 heterocycles. The highest BCUT2D eigenvalue weighted by Crippen LogP contribution is 2.36. The van der Waals surface area contributed by atoms with Crippen molar-refractivity contribution in [3.8, 4) is 0 Å². The van der Waals surface area contributed by atoms with Crippen molar-refractivity contribution in [2.24, 2.45) is 11.8 Å². The van der Waals surface area contributed by atoms with Gasteiger partial charge in [-0.2, -0.15) is 0 Å². The number of hydrogen-bond donors (Lipinski definition) is 1. The van der Waals surface area contributed by atoms with E-state index in [1.807, 2.05) is 30.5 Å². The smallest absolute Gasteiger partial charge is 0.223 e. The summed E-state index contributed by atoms with van der Waals surface area (Å²) < 4.78 is 0. The van der Waals surface area contributed by atoms with Gasteiger partial charge in [-0.25, -0.2) is 9.97 Å². The summed E-state index contributed by atoms with van der Waals surface area (Å²) in [6, 6.07) is 8.07. The molecule has 0 amide bonds. The Morgan fingerprint density at radius 3 is 3.00 bits per heavy atom. The Labute approximate surface area is 101 Å². The Morgan fingerprint density at radius 2 is 2.18 bits per heavy atom. The molecule has 0 radical (unpaired) electrons. The zero-order chi connectivity index (χ0) is 11.7. The Bertz CT molecular complexity index is 520. The quantitative estimate of drug-likeness (QED) is 0.872. The van der Waals surface area contributed by atoms with Gasteiger partial charge in [-0.05, 0) is 30.7 Å². The van der Waals surface area contributed by atoms with Crippen LogP contribution in [0.4, 0.5) is 5.95 Å². The van der Waals surface area contributed by atoms with Crippen LogP contribution in [0.1, 0.15) is 19.8 Å². The maximum absolute atomic E-state index is 4.50. The minimum atomic E-state index is 0.727. The summed E-state index contributed by atoms with van der Waals surface area (Å²) in [6.07, 6.45) is 4.66. The number of hydrogen-bond acceptors (Lipinski definition) is 3. The predicted octanol–water partition coefficient (Wildman–Crippen LogP) is 3.09. The Kier molecular flexibility index (Phi) is 2.67. The van der Waals surface area contributed by atoms with Crippen LogP contribution in [0.3, 0.4) is 0 Å². The van der Waals surface area contributed by atoms with Crippen molar-refractivity contribution in [2.45, 2.75) is 19.8 Å². The Morgan fingerprint density at radius 1 is 1.35 bits per heavy atom.